The molecule has 154 valence electrons. The summed E-state index contributed by atoms with van der Waals surface area (Å²) < 4.78 is 0. The van der Waals surface area contributed by atoms with Crippen molar-refractivity contribution in [3.63, 3.8) is 0 Å². The van der Waals surface area contributed by atoms with Gasteiger partial charge in [-0.3, -0.25) is 14.6 Å². The Labute approximate surface area is 173 Å². The van der Waals surface area contributed by atoms with Crippen LogP contribution >= 0.6 is 0 Å². The first-order valence-electron chi connectivity index (χ1n) is 10.1. The minimum Gasteiger partial charge on any atom is -0.352 e. The van der Waals surface area contributed by atoms with Crippen molar-refractivity contribution >= 4 is 17.5 Å². The maximum atomic E-state index is 12.5. The molecule has 4 rings (SSSR count). The van der Waals surface area contributed by atoms with Gasteiger partial charge < -0.3 is 10.6 Å². The van der Waals surface area contributed by atoms with Crippen molar-refractivity contribution in [1.29, 1.82) is 0 Å². The van der Waals surface area contributed by atoms with Gasteiger partial charge in [0.05, 0.1) is 5.69 Å². The van der Waals surface area contributed by atoms with Crippen molar-refractivity contribution < 1.29 is 9.59 Å². The number of para-hydroxylation sites is 1. The molecule has 2 heterocycles. The molecule has 9 heteroatoms. The molecule has 1 aromatic carbocycles. The summed E-state index contributed by atoms with van der Waals surface area (Å²) in [4.78, 5) is 30.0. The van der Waals surface area contributed by atoms with E-state index in [1.165, 1.54) is 11.2 Å². The largest absolute Gasteiger partial charge is 0.352 e. The lowest BCUT2D eigenvalue weighted by atomic mass is 9.95. The average molecular weight is 405 g/mol. The molecular weight excluding hydrogens is 382 g/mol. The first kappa shape index (κ1) is 19.7. The Morgan fingerprint density at radius 1 is 1.03 bits per heavy atom. The minimum absolute atomic E-state index is 0.00897. The third kappa shape index (κ3) is 4.86. The SMILES string of the molecule is O=C(Cn1nnc(-c2ccccc2NC(=O)c2ccncc2)n1)NC1CCCCC1. The standard InChI is InChI=1S/C21H23N7O2/c29-19(23-16-6-2-1-3-7-16)14-28-26-20(25-27-28)17-8-4-5-9-18(17)24-21(30)15-10-12-22-13-11-15/h4-5,8-13,16H,1-3,6-7,14H2,(H,23,29)(H,24,30). The number of carbonyl (C=O) groups excluding carboxylic acids is 2. The molecule has 9 nitrogen and oxygen atoms in total. The first-order valence-corrected chi connectivity index (χ1v) is 10.1. The lowest BCUT2D eigenvalue weighted by Gasteiger charge is -2.22. The van der Waals surface area contributed by atoms with Crippen molar-refractivity contribution in [2.75, 3.05) is 5.32 Å². The van der Waals surface area contributed by atoms with Gasteiger partial charge in [-0.2, -0.15) is 4.80 Å². The fraction of sp³-hybridized carbons (Fsp3) is 0.333. The van der Waals surface area contributed by atoms with E-state index in [0.717, 1.165) is 25.7 Å². The van der Waals surface area contributed by atoms with Gasteiger partial charge in [-0.25, -0.2) is 0 Å². The van der Waals surface area contributed by atoms with Crippen molar-refractivity contribution in [2.24, 2.45) is 0 Å². The third-order valence-electron chi connectivity index (χ3n) is 5.07. The van der Waals surface area contributed by atoms with Crippen LogP contribution in [0.2, 0.25) is 0 Å². The van der Waals surface area contributed by atoms with E-state index in [1.54, 1.807) is 36.7 Å². The number of tetrazole rings is 1. The second kappa shape index (κ2) is 9.25. The predicted molar refractivity (Wildman–Crippen MR) is 110 cm³/mol. The first-order chi connectivity index (χ1) is 14.7. The maximum Gasteiger partial charge on any atom is 0.255 e. The molecule has 0 radical (unpaired) electrons. The van der Waals surface area contributed by atoms with Crippen LogP contribution in [0.1, 0.15) is 42.5 Å². The number of nitrogens with zero attached hydrogens (tertiary/aromatic N) is 5. The van der Waals surface area contributed by atoms with Crippen molar-refractivity contribution in [1.82, 2.24) is 30.5 Å². The Morgan fingerprint density at radius 2 is 1.80 bits per heavy atom. The second-order valence-corrected chi connectivity index (χ2v) is 7.28. The predicted octanol–water partition coefficient (Wildman–Crippen LogP) is 2.44. The summed E-state index contributed by atoms with van der Waals surface area (Å²) in [5.74, 6) is -0.0414. The second-order valence-electron chi connectivity index (χ2n) is 7.28. The number of aromatic nitrogens is 5. The van der Waals surface area contributed by atoms with Crippen LogP contribution in [0.15, 0.2) is 48.8 Å². The summed E-state index contributed by atoms with van der Waals surface area (Å²) in [6.45, 7) is 0.00897. The molecule has 1 fully saturated rings. The lowest BCUT2D eigenvalue weighted by molar-refractivity contribution is -0.123. The Kier molecular flexibility index (Phi) is 6.07. The molecule has 2 aromatic heterocycles. The zero-order valence-corrected chi connectivity index (χ0v) is 16.5. The van der Waals surface area contributed by atoms with Crippen LogP contribution in [0.5, 0.6) is 0 Å². The molecule has 0 saturated heterocycles. The summed E-state index contributed by atoms with van der Waals surface area (Å²) in [6, 6.07) is 10.7. The molecule has 0 spiro atoms. The van der Waals surface area contributed by atoms with Gasteiger partial charge in [0, 0.05) is 29.6 Å². The molecule has 0 bridgehead atoms. The van der Waals surface area contributed by atoms with Gasteiger partial charge in [-0.05, 0) is 42.3 Å². The molecule has 1 aliphatic carbocycles. The Bertz CT molecular complexity index is 1010. The van der Waals surface area contributed by atoms with Crippen LogP contribution in [0.3, 0.4) is 0 Å². The number of amides is 2. The summed E-state index contributed by atoms with van der Waals surface area (Å²) >= 11 is 0. The smallest absolute Gasteiger partial charge is 0.255 e. The van der Waals surface area contributed by atoms with Gasteiger partial charge in [0.2, 0.25) is 11.7 Å². The molecule has 2 N–H and O–H groups in total. The summed E-state index contributed by atoms with van der Waals surface area (Å²) in [7, 11) is 0. The molecule has 3 aromatic rings. The van der Waals surface area contributed by atoms with Crippen LogP contribution in [0.25, 0.3) is 11.4 Å². The quantitative estimate of drug-likeness (QED) is 0.651. The lowest BCUT2D eigenvalue weighted by Crippen LogP contribution is -2.38. The van der Waals surface area contributed by atoms with Gasteiger partial charge in [-0.15, -0.1) is 10.2 Å². The number of nitrogens with one attached hydrogen (secondary N) is 2. The molecule has 30 heavy (non-hydrogen) atoms. The number of pyridine rings is 1. The van der Waals surface area contributed by atoms with Crippen LogP contribution in [-0.4, -0.2) is 43.0 Å². The highest BCUT2D eigenvalue weighted by Gasteiger charge is 2.18. The zero-order valence-electron chi connectivity index (χ0n) is 16.5. The third-order valence-corrected chi connectivity index (χ3v) is 5.07. The Balaban J connectivity index is 1.44. The molecule has 1 aliphatic rings. The summed E-state index contributed by atoms with van der Waals surface area (Å²) in [6.07, 6.45) is 8.70. The van der Waals surface area contributed by atoms with E-state index in [1.807, 2.05) is 12.1 Å². The fourth-order valence-corrected chi connectivity index (χ4v) is 3.55. The van der Waals surface area contributed by atoms with Crippen LogP contribution in [0, 0.1) is 0 Å². The van der Waals surface area contributed by atoms with E-state index in [0.29, 0.717) is 22.6 Å². The van der Waals surface area contributed by atoms with Crippen molar-refractivity contribution in [3.05, 3.63) is 54.4 Å². The van der Waals surface area contributed by atoms with E-state index in [9.17, 15) is 9.59 Å². The summed E-state index contributed by atoms with van der Waals surface area (Å²) in [5.41, 5.74) is 1.68. The van der Waals surface area contributed by atoms with Gasteiger partial charge >= 0.3 is 0 Å². The minimum atomic E-state index is -0.260. The Morgan fingerprint density at radius 3 is 2.60 bits per heavy atom. The number of benzene rings is 1. The average Bonchev–Trinajstić information content (AvgIpc) is 3.23. The molecule has 1 saturated carbocycles. The van der Waals surface area contributed by atoms with Gasteiger partial charge in [0.1, 0.15) is 6.54 Å². The molecule has 0 atom stereocenters. The van der Waals surface area contributed by atoms with Crippen LogP contribution in [0.4, 0.5) is 5.69 Å². The number of anilines is 1. The van der Waals surface area contributed by atoms with Gasteiger partial charge in [0.15, 0.2) is 0 Å². The monoisotopic (exact) mass is 405 g/mol. The van der Waals surface area contributed by atoms with E-state index < -0.39 is 0 Å². The van der Waals surface area contributed by atoms with E-state index >= 15 is 0 Å². The summed E-state index contributed by atoms with van der Waals surface area (Å²) in [5, 5.41) is 18.3. The molecule has 2 amide bonds. The highest BCUT2D eigenvalue weighted by Crippen LogP contribution is 2.25. The fourth-order valence-electron chi connectivity index (χ4n) is 3.55. The highest BCUT2D eigenvalue weighted by molar-refractivity contribution is 6.05. The normalized spacial score (nSPS) is 14.3. The molecule has 0 aliphatic heterocycles. The van der Waals surface area contributed by atoms with E-state index in [2.05, 4.69) is 31.0 Å². The zero-order chi connectivity index (χ0) is 20.8. The number of rotatable bonds is 6. The van der Waals surface area contributed by atoms with Gasteiger partial charge in [-0.1, -0.05) is 31.4 Å². The van der Waals surface area contributed by atoms with Crippen LogP contribution in [-0.2, 0) is 11.3 Å². The Hall–Kier alpha value is -3.62. The van der Waals surface area contributed by atoms with Crippen LogP contribution < -0.4 is 10.6 Å². The molecular formula is C21H23N7O2. The van der Waals surface area contributed by atoms with E-state index in [4.69, 9.17) is 0 Å². The number of carbonyl (C=O) groups is 2. The number of hydrogen-bond acceptors (Lipinski definition) is 6. The maximum absolute atomic E-state index is 12.5. The highest BCUT2D eigenvalue weighted by atomic mass is 16.2. The number of hydrogen-bond donors (Lipinski definition) is 2. The topological polar surface area (TPSA) is 115 Å². The van der Waals surface area contributed by atoms with E-state index in [-0.39, 0.29) is 24.4 Å². The van der Waals surface area contributed by atoms with Crippen molar-refractivity contribution in [2.45, 2.75) is 44.7 Å². The van der Waals surface area contributed by atoms with Gasteiger partial charge in [0.25, 0.3) is 5.91 Å². The molecule has 0 unspecified atom stereocenters. The van der Waals surface area contributed by atoms with Crippen molar-refractivity contribution in [3.8, 4) is 11.4 Å².